The van der Waals surface area contributed by atoms with Gasteiger partial charge in [-0.3, -0.25) is 0 Å². The number of rotatable bonds is 1. The van der Waals surface area contributed by atoms with Crippen molar-refractivity contribution in [1.82, 2.24) is 0 Å². The molecular weight excluding hydrogens is 148 g/mol. The summed E-state index contributed by atoms with van der Waals surface area (Å²) in [5, 5.41) is 3.36. The van der Waals surface area contributed by atoms with Crippen LogP contribution in [0.15, 0.2) is 0 Å². The van der Waals surface area contributed by atoms with Crippen LogP contribution in [0.5, 0.6) is 0 Å². The lowest BCUT2D eigenvalue weighted by Crippen LogP contribution is -2.08. The van der Waals surface area contributed by atoms with Crippen molar-refractivity contribution < 1.29 is 0 Å². The lowest BCUT2D eigenvalue weighted by atomic mass is 10.1. The van der Waals surface area contributed by atoms with Crippen LogP contribution in [-0.4, -0.2) is 21.5 Å². The van der Waals surface area contributed by atoms with Crippen molar-refractivity contribution in [1.29, 1.82) is 0 Å². The predicted octanol–water partition coefficient (Wildman–Crippen LogP) is 2.00. The fourth-order valence-corrected chi connectivity index (χ4v) is 4.45. The maximum atomic E-state index is 2.24. The highest BCUT2D eigenvalue weighted by Crippen LogP contribution is 2.61. The van der Waals surface area contributed by atoms with Gasteiger partial charge in [0, 0.05) is 21.5 Å². The lowest BCUT2D eigenvalue weighted by Gasteiger charge is -2.05. The van der Waals surface area contributed by atoms with Gasteiger partial charge in [-0.25, -0.2) is 0 Å². The summed E-state index contributed by atoms with van der Waals surface area (Å²) in [7, 11) is 0. The highest BCUT2D eigenvalue weighted by Gasteiger charge is 2.54. The third-order valence-corrected chi connectivity index (χ3v) is 5.29. The molecule has 3 aliphatic rings. The zero-order chi connectivity index (χ0) is 5.84. The van der Waals surface area contributed by atoms with Crippen LogP contribution in [0.4, 0.5) is 0 Å². The summed E-state index contributed by atoms with van der Waals surface area (Å²) in [5.74, 6) is 2.62. The van der Waals surface area contributed by atoms with Crippen LogP contribution in [0.25, 0.3) is 0 Å². The SMILES string of the molecule is C1SC1C1CCC2SC21. The Kier molecular flexibility index (Phi) is 0.981. The molecule has 0 bridgehead atoms. The lowest BCUT2D eigenvalue weighted by molar-refractivity contribution is 0.595. The molecule has 0 amide bonds. The molecule has 2 aliphatic heterocycles. The molecule has 4 atom stereocenters. The number of hydrogen-bond acceptors (Lipinski definition) is 2. The van der Waals surface area contributed by atoms with Crippen molar-refractivity contribution >= 4 is 23.5 Å². The Morgan fingerprint density at radius 3 is 2.44 bits per heavy atom. The van der Waals surface area contributed by atoms with Crippen LogP contribution in [0.1, 0.15) is 12.8 Å². The molecule has 0 aromatic carbocycles. The molecule has 3 rings (SSSR count). The van der Waals surface area contributed by atoms with E-state index in [0.29, 0.717) is 0 Å². The number of fused-ring (bicyclic) bond motifs is 1. The van der Waals surface area contributed by atoms with Crippen molar-refractivity contribution in [2.75, 3.05) is 5.75 Å². The van der Waals surface area contributed by atoms with Gasteiger partial charge in [0.05, 0.1) is 0 Å². The number of hydrogen-bond donors (Lipinski definition) is 0. The van der Waals surface area contributed by atoms with Gasteiger partial charge in [0.1, 0.15) is 0 Å². The largest absolute Gasteiger partial charge is 0.156 e. The maximum absolute atomic E-state index is 2.24. The molecule has 0 aromatic heterocycles. The molecule has 2 heteroatoms. The molecule has 0 N–H and O–H groups in total. The van der Waals surface area contributed by atoms with Crippen LogP contribution in [-0.2, 0) is 0 Å². The van der Waals surface area contributed by atoms with Gasteiger partial charge in [0.25, 0.3) is 0 Å². The van der Waals surface area contributed by atoms with E-state index in [0.717, 1.165) is 21.7 Å². The second kappa shape index (κ2) is 1.65. The Morgan fingerprint density at radius 2 is 2.00 bits per heavy atom. The van der Waals surface area contributed by atoms with Crippen molar-refractivity contribution in [3.63, 3.8) is 0 Å². The quantitative estimate of drug-likeness (QED) is 0.535. The van der Waals surface area contributed by atoms with Gasteiger partial charge in [-0.15, -0.1) is 0 Å². The first-order valence-electron chi connectivity index (χ1n) is 3.72. The summed E-state index contributed by atoms with van der Waals surface area (Å²) in [6.45, 7) is 0. The molecule has 1 aliphatic carbocycles. The molecule has 0 spiro atoms. The van der Waals surface area contributed by atoms with Crippen LogP contribution in [0, 0.1) is 5.92 Å². The van der Waals surface area contributed by atoms with Crippen LogP contribution >= 0.6 is 23.5 Å². The Balaban J connectivity index is 1.76. The standard InChI is InChI=1S/C7H10S2/c1-2-5-7(9-5)4(1)6-3-8-6/h4-7H,1-3H2. The summed E-state index contributed by atoms with van der Waals surface area (Å²) in [5.41, 5.74) is 0. The summed E-state index contributed by atoms with van der Waals surface area (Å²) in [6, 6.07) is 0. The molecule has 4 unspecified atom stereocenters. The Labute approximate surface area is 64.2 Å². The average molecular weight is 158 g/mol. The van der Waals surface area contributed by atoms with E-state index in [1.807, 2.05) is 0 Å². The van der Waals surface area contributed by atoms with E-state index in [4.69, 9.17) is 0 Å². The summed E-state index contributed by atoms with van der Waals surface area (Å²) in [4.78, 5) is 0. The fourth-order valence-electron chi connectivity index (χ4n) is 1.99. The van der Waals surface area contributed by atoms with Gasteiger partial charge >= 0.3 is 0 Å². The first-order valence-corrected chi connectivity index (χ1v) is 5.71. The van der Waals surface area contributed by atoms with Crippen LogP contribution in [0.2, 0.25) is 0 Å². The third-order valence-electron chi connectivity index (χ3n) is 2.66. The second-order valence-corrected chi connectivity index (χ2v) is 5.95. The molecule has 50 valence electrons. The summed E-state index contributed by atoms with van der Waals surface area (Å²) >= 11 is 4.42. The van der Waals surface area contributed by atoms with E-state index in [2.05, 4.69) is 23.5 Å². The maximum Gasteiger partial charge on any atom is 0.0208 e. The molecular formula is C7H10S2. The van der Waals surface area contributed by atoms with Gasteiger partial charge < -0.3 is 0 Å². The van der Waals surface area contributed by atoms with Crippen LogP contribution < -0.4 is 0 Å². The first kappa shape index (κ1) is 5.36. The highest BCUT2D eigenvalue weighted by atomic mass is 32.2. The monoisotopic (exact) mass is 158 g/mol. The van der Waals surface area contributed by atoms with Gasteiger partial charge in [-0.05, 0) is 18.8 Å². The van der Waals surface area contributed by atoms with Crippen molar-refractivity contribution in [2.24, 2.45) is 5.92 Å². The third kappa shape index (κ3) is 0.758. The van der Waals surface area contributed by atoms with Crippen molar-refractivity contribution in [3.05, 3.63) is 0 Å². The van der Waals surface area contributed by atoms with Crippen molar-refractivity contribution in [3.8, 4) is 0 Å². The van der Waals surface area contributed by atoms with E-state index in [9.17, 15) is 0 Å². The molecule has 9 heavy (non-hydrogen) atoms. The second-order valence-electron chi connectivity index (χ2n) is 3.25. The molecule has 3 fully saturated rings. The molecule has 1 saturated carbocycles. The predicted molar refractivity (Wildman–Crippen MR) is 44.1 cm³/mol. The van der Waals surface area contributed by atoms with E-state index >= 15 is 0 Å². The Hall–Kier alpha value is 0.700. The van der Waals surface area contributed by atoms with Gasteiger partial charge in [0.2, 0.25) is 0 Å². The van der Waals surface area contributed by atoms with Crippen LogP contribution in [0.3, 0.4) is 0 Å². The average Bonchev–Trinajstić information content (AvgIpc) is 2.74. The summed E-state index contributed by atoms with van der Waals surface area (Å²) in [6.07, 6.45) is 3.09. The molecule has 2 saturated heterocycles. The van der Waals surface area contributed by atoms with E-state index in [1.165, 1.54) is 12.2 Å². The fraction of sp³-hybridized carbons (Fsp3) is 1.00. The van der Waals surface area contributed by atoms with E-state index in [1.54, 1.807) is 6.42 Å². The Morgan fingerprint density at radius 1 is 1.11 bits per heavy atom. The summed E-state index contributed by atoms with van der Waals surface area (Å²) < 4.78 is 0. The molecule has 2 heterocycles. The van der Waals surface area contributed by atoms with Crippen molar-refractivity contribution in [2.45, 2.75) is 28.6 Å². The smallest absolute Gasteiger partial charge is 0.0208 e. The first-order chi connectivity index (χ1) is 4.45. The topological polar surface area (TPSA) is 0 Å². The minimum atomic E-state index is 1.11. The highest BCUT2D eigenvalue weighted by molar-refractivity contribution is 8.08. The minimum Gasteiger partial charge on any atom is -0.156 e. The molecule has 0 nitrogen and oxygen atoms in total. The van der Waals surface area contributed by atoms with E-state index in [-0.39, 0.29) is 0 Å². The van der Waals surface area contributed by atoms with Gasteiger partial charge in [0.15, 0.2) is 0 Å². The molecule has 0 aromatic rings. The minimum absolute atomic E-state index is 1.11. The van der Waals surface area contributed by atoms with Gasteiger partial charge in [-0.1, -0.05) is 0 Å². The normalized spacial score (nSPS) is 61.3. The number of thioether (sulfide) groups is 2. The zero-order valence-electron chi connectivity index (χ0n) is 5.25. The zero-order valence-corrected chi connectivity index (χ0v) is 6.88. The Bertz CT molecular complexity index is 142. The molecule has 0 radical (unpaired) electrons. The van der Waals surface area contributed by atoms with E-state index < -0.39 is 0 Å². The van der Waals surface area contributed by atoms with Gasteiger partial charge in [-0.2, -0.15) is 23.5 Å².